The van der Waals surface area contributed by atoms with E-state index in [0.717, 1.165) is 17.9 Å². The van der Waals surface area contributed by atoms with Gasteiger partial charge in [-0.1, -0.05) is 0 Å². The maximum atomic E-state index is 10.1. The molecule has 0 aromatic carbocycles. The lowest BCUT2D eigenvalue weighted by Gasteiger charge is -2.19. The summed E-state index contributed by atoms with van der Waals surface area (Å²) in [6, 6.07) is 4.08. The molecule has 3 atom stereocenters. The molecule has 0 spiro atoms. The van der Waals surface area contributed by atoms with Crippen molar-refractivity contribution in [2.75, 3.05) is 6.61 Å². The van der Waals surface area contributed by atoms with Crippen LogP contribution in [0.3, 0.4) is 0 Å². The van der Waals surface area contributed by atoms with Gasteiger partial charge in [0.25, 0.3) is 0 Å². The Bertz CT molecular complexity index is 308. The molecule has 0 saturated carbocycles. The third-order valence-corrected chi connectivity index (χ3v) is 3.96. The lowest BCUT2D eigenvalue weighted by molar-refractivity contribution is 0.0448. The van der Waals surface area contributed by atoms with Crippen molar-refractivity contribution in [1.82, 2.24) is 0 Å². The average Bonchev–Trinajstić information content (AvgIpc) is 2.73. The van der Waals surface area contributed by atoms with Crippen LogP contribution in [0.1, 0.15) is 29.2 Å². The number of hydrogen-bond donors (Lipinski definition) is 1. The Labute approximate surface area is 88.5 Å². The van der Waals surface area contributed by atoms with E-state index in [0.29, 0.717) is 0 Å². The normalized spacial score (nSPS) is 29.4. The molecule has 3 unspecified atom stereocenters. The Morgan fingerprint density at radius 2 is 2.36 bits per heavy atom. The molecule has 1 aromatic heterocycles. The van der Waals surface area contributed by atoms with Gasteiger partial charge in [0.1, 0.15) is 0 Å². The van der Waals surface area contributed by atoms with Gasteiger partial charge in [-0.15, -0.1) is 11.3 Å². The van der Waals surface area contributed by atoms with Gasteiger partial charge < -0.3 is 9.84 Å². The quantitative estimate of drug-likeness (QED) is 0.816. The molecule has 3 heteroatoms. The first kappa shape index (κ1) is 10.1. The predicted octanol–water partition coefficient (Wildman–Crippen LogP) is 2.51. The SMILES string of the molecule is Cc1ccc(C(O)C2CCOC2C)s1. The van der Waals surface area contributed by atoms with Crippen LogP contribution in [0.4, 0.5) is 0 Å². The van der Waals surface area contributed by atoms with E-state index in [2.05, 4.69) is 13.0 Å². The van der Waals surface area contributed by atoms with Gasteiger partial charge in [0.05, 0.1) is 12.2 Å². The summed E-state index contributed by atoms with van der Waals surface area (Å²) < 4.78 is 5.46. The fourth-order valence-corrected chi connectivity index (χ4v) is 2.93. The fourth-order valence-electron chi connectivity index (χ4n) is 1.99. The molecule has 14 heavy (non-hydrogen) atoms. The highest BCUT2D eigenvalue weighted by atomic mass is 32.1. The van der Waals surface area contributed by atoms with Crippen LogP contribution >= 0.6 is 11.3 Å². The van der Waals surface area contributed by atoms with Crippen LogP contribution in [0, 0.1) is 12.8 Å². The molecular formula is C11H16O2S. The zero-order chi connectivity index (χ0) is 10.1. The maximum absolute atomic E-state index is 10.1. The minimum absolute atomic E-state index is 0.187. The first-order chi connectivity index (χ1) is 6.68. The molecule has 78 valence electrons. The van der Waals surface area contributed by atoms with Crippen molar-refractivity contribution >= 4 is 11.3 Å². The molecule has 2 heterocycles. The summed E-state index contributed by atoms with van der Waals surface area (Å²) in [5.41, 5.74) is 0. The van der Waals surface area contributed by atoms with Crippen molar-refractivity contribution in [3.05, 3.63) is 21.9 Å². The lowest BCUT2D eigenvalue weighted by atomic mass is 9.95. The molecule has 1 aliphatic heterocycles. The minimum atomic E-state index is -0.341. The number of aliphatic hydroxyl groups excluding tert-OH is 1. The van der Waals surface area contributed by atoms with Gasteiger partial charge in [-0.3, -0.25) is 0 Å². The highest BCUT2D eigenvalue weighted by molar-refractivity contribution is 7.12. The summed E-state index contributed by atoms with van der Waals surface area (Å²) in [5.74, 6) is 0.271. The zero-order valence-corrected chi connectivity index (χ0v) is 9.38. The number of aryl methyl sites for hydroxylation is 1. The van der Waals surface area contributed by atoms with E-state index in [1.807, 2.05) is 13.0 Å². The molecule has 2 nitrogen and oxygen atoms in total. The summed E-state index contributed by atoms with van der Waals surface area (Å²) in [4.78, 5) is 2.33. The molecule has 1 aromatic rings. The van der Waals surface area contributed by atoms with Crippen molar-refractivity contribution in [2.24, 2.45) is 5.92 Å². The molecule has 1 saturated heterocycles. The van der Waals surface area contributed by atoms with Gasteiger partial charge in [0.2, 0.25) is 0 Å². The van der Waals surface area contributed by atoms with Gasteiger partial charge in [-0.2, -0.15) is 0 Å². The third kappa shape index (κ3) is 1.85. The number of hydrogen-bond acceptors (Lipinski definition) is 3. The number of aliphatic hydroxyl groups is 1. The van der Waals surface area contributed by atoms with Crippen LogP contribution in [-0.2, 0) is 4.74 Å². The Morgan fingerprint density at radius 3 is 2.86 bits per heavy atom. The van der Waals surface area contributed by atoms with Crippen molar-refractivity contribution in [3.8, 4) is 0 Å². The van der Waals surface area contributed by atoms with Gasteiger partial charge in [-0.25, -0.2) is 0 Å². The lowest BCUT2D eigenvalue weighted by Crippen LogP contribution is -2.18. The molecule has 0 amide bonds. The van der Waals surface area contributed by atoms with Crippen molar-refractivity contribution in [3.63, 3.8) is 0 Å². The van der Waals surface area contributed by atoms with E-state index in [4.69, 9.17) is 4.74 Å². The van der Waals surface area contributed by atoms with Crippen molar-refractivity contribution in [1.29, 1.82) is 0 Å². The first-order valence-corrected chi connectivity index (χ1v) is 5.86. The van der Waals surface area contributed by atoms with Crippen LogP contribution in [0.15, 0.2) is 12.1 Å². The largest absolute Gasteiger partial charge is 0.387 e. The van der Waals surface area contributed by atoms with Gasteiger partial charge >= 0.3 is 0 Å². The van der Waals surface area contributed by atoms with Crippen molar-refractivity contribution in [2.45, 2.75) is 32.5 Å². The third-order valence-electron chi connectivity index (χ3n) is 2.89. The first-order valence-electron chi connectivity index (χ1n) is 5.04. The Balaban J connectivity index is 2.11. The molecular weight excluding hydrogens is 196 g/mol. The maximum Gasteiger partial charge on any atom is 0.0935 e. The minimum Gasteiger partial charge on any atom is -0.387 e. The number of thiophene rings is 1. The van der Waals surface area contributed by atoms with Gasteiger partial charge in [0, 0.05) is 22.3 Å². The smallest absolute Gasteiger partial charge is 0.0935 e. The Kier molecular flexibility index (Phi) is 2.91. The molecule has 0 radical (unpaired) electrons. The van der Waals surface area contributed by atoms with Crippen molar-refractivity contribution < 1.29 is 9.84 Å². The second kappa shape index (κ2) is 4.01. The summed E-state index contributed by atoms with van der Waals surface area (Å²) in [6.45, 7) is 4.89. The summed E-state index contributed by atoms with van der Waals surface area (Å²) in [6.07, 6.45) is 0.817. The topological polar surface area (TPSA) is 29.5 Å². The number of ether oxygens (including phenoxy) is 1. The Morgan fingerprint density at radius 1 is 1.57 bits per heavy atom. The van der Waals surface area contributed by atoms with E-state index in [-0.39, 0.29) is 18.1 Å². The fraction of sp³-hybridized carbons (Fsp3) is 0.636. The molecule has 1 N–H and O–H groups in total. The van der Waals surface area contributed by atoms with E-state index < -0.39 is 0 Å². The van der Waals surface area contributed by atoms with Crippen LogP contribution in [-0.4, -0.2) is 17.8 Å². The molecule has 0 bridgehead atoms. The highest BCUT2D eigenvalue weighted by Gasteiger charge is 2.32. The van der Waals surface area contributed by atoms with E-state index in [9.17, 15) is 5.11 Å². The van der Waals surface area contributed by atoms with E-state index in [1.165, 1.54) is 4.88 Å². The molecule has 0 aliphatic carbocycles. The van der Waals surface area contributed by atoms with Crippen LogP contribution < -0.4 is 0 Å². The van der Waals surface area contributed by atoms with Gasteiger partial charge in [0.15, 0.2) is 0 Å². The molecule has 1 fully saturated rings. The second-order valence-corrected chi connectivity index (χ2v) is 5.24. The number of rotatable bonds is 2. The molecule has 2 rings (SSSR count). The van der Waals surface area contributed by atoms with Crippen LogP contribution in [0.25, 0.3) is 0 Å². The summed E-state index contributed by atoms with van der Waals surface area (Å²) >= 11 is 1.68. The Hall–Kier alpha value is -0.380. The van der Waals surface area contributed by atoms with Crippen LogP contribution in [0.5, 0.6) is 0 Å². The van der Waals surface area contributed by atoms with Crippen LogP contribution in [0.2, 0.25) is 0 Å². The molecule has 1 aliphatic rings. The van der Waals surface area contributed by atoms with E-state index in [1.54, 1.807) is 11.3 Å². The monoisotopic (exact) mass is 212 g/mol. The zero-order valence-electron chi connectivity index (χ0n) is 8.56. The summed E-state index contributed by atoms with van der Waals surface area (Å²) in [7, 11) is 0. The van der Waals surface area contributed by atoms with E-state index >= 15 is 0 Å². The standard InChI is InChI=1S/C11H16O2S/c1-7-3-4-10(14-7)11(12)9-5-6-13-8(9)2/h3-4,8-9,11-12H,5-6H2,1-2H3. The average molecular weight is 212 g/mol. The second-order valence-electron chi connectivity index (χ2n) is 3.92. The predicted molar refractivity (Wildman–Crippen MR) is 57.5 cm³/mol. The highest BCUT2D eigenvalue weighted by Crippen LogP contribution is 2.35. The summed E-state index contributed by atoms with van der Waals surface area (Å²) in [5, 5.41) is 10.1. The van der Waals surface area contributed by atoms with Gasteiger partial charge in [-0.05, 0) is 32.4 Å².